The number of hydrogen-bond acceptors (Lipinski definition) is 2. The van der Waals surface area contributed by atoms with Crippen LogP contribution in [0.15, 0.2) is 23.3 Å². The van der Waals surface area contributed by atoms with Gasteiger partial charge in [-0.2, -0.15) is 0 Å². The minimum absolute atomic E-state index is 0.0746. The molecule has 0 spiro atoms. The van der Waals surface area contributed by atoms with E-state index in [9.17, 15) is 5.11 Å². The lowest BCUT2D eigenvalue weighted by atomic mass is 9.71. The predicted molar refractivity (Wildman–Crippen MR) is 76.3 cm³/mol. The molecule has 2 unspecified atom stereocenters. The van der Waals surface area contributed by atoms with E-state index in [1.165, 1.54) is 0 Å². The van der Waals surface area contributed by atoms with Crippen molar-refractivity contribution >= 4 is 23.2 Å². The highest BCUT2D eigenvalue weighted by atomic mass is 35.5. The molecule has 6 heteroatoms. The Balaban J connectivity index is 2.35. The molecule has 2 rings (SSSR count). The Morgan fingerprint density at radius 3 is 2.84 bits per heavy atom. The lowest BCUT2D eigenvalue weighted by Crippen LogP contribution is -2.39. The summed E-state index contributed by atoms with van der Waals surface area (Å²) in [4.78, 5) is 2.79. The molecule has 0 aliphatic heterocycles. The summed E-state index contributed by atoms with van der Waals surface area (Å²) in [7, 11) is 0. The fraction of sp³-hybridized carbons (Fsp3) is 0.538. The number of benzene rings is 1. The standard InChI is InChI=1S/C13H15Cl2N3O/c14-11-5-4-9(7-12(11)15)13(19)6-2-1-3-10(13)8-17-18-16/h4-5,7,10,19H,1-3,6,8H2. The number of azide groups is 1. The van der Waals surface area contributed by atoms with Crippen molar-refractivity contribution in [2.45, 2.75) is 31.3 Å². The van der Waals surface area contributed by atoms with Crippen LogP contribution in [-0.4, -0.2) is 11.7 Å². The molecule has 0 radical (unpaired) electrons. The van der Waals surface area contributed by atoms with Gasteiger partial charge in [-0.1, -0.05) is 47.2 Å². The van der Waals surface area contributed by atoms with Crippen LogP contribution in [-0.2, 0) is 5.60 Å². The van der Waals surface area contributed by atoms with E-state index in [0.717, 1.165) is 24.8 Å². The maximum absolute atomic E-state index is 11.0. The van der Waals surface area contributed by atoms with E-state index in [-0.39, 0.29) is 5.92 Å². The Morgan fingerprint density at radius 1 is 1.37 bits per heavy atom. The molecule has 19 heavy (non-hydrogen) atoms. The van der Waals surface area contributed by atoms with Crippen molar-refractivity contribution in [3.63, 3.8) is 0 Å². The first-order valence-electron chi connectivity index (χ1n) is 6.26. The number of nitrogens with zero attached hydrogens (tertiary/aromatic N) is 3. The normalized spacial score (nSPS) is 26.8. The third kappa shape index (κ3) is 2.98. The van der Waals surface area contributed by atoms with E-state index in [2.05, 4.69) is 10.0 Å². The highest BCUT2D eigenvalue weighted by Gasteiger charge is 2.40. The van der Waals surface area contributed by atoms with E-state index < -0.39 is 5.60 Å². The molecule has 1 aromatic carbocycles. The Hall–Kier alpha value is -0.930. The first-order chi connectivity index (χ1) is 9.08. The molecule has 102 valence electrons. The monoisotopic (exact) mass is 299 g/mol. The Labute approximate surface area is 122 Å². The molecular weight excluding hydrogens is 285 g/mol. The quantitative estimate of drug-likeness (QED) is 0.491. The Kier molecular flexibility index (Phi) is 4.58. The molecule has 4 nitrogen and oxygen atoms in total. The fourth-order valence-corrected chi connectivity index (χ4v) is 3.05. The first-order valence-corrected chi connectivity index (χ1v) is 7.02. The van der Waals surface area contributed by atoms with E-state index in [4.69, 9.17) is 28.7 Å². The van der Waals surface area contributed by atoms with Crippen molar-refractivity contribution in [2.75, 3.05) is 6.54 Å². The van der Waals surface area contributed by atoms with Crippen LogP contribution in [0, 0.1) is 5.92 Å². The van der Waals surface area contributed by atoms with Gasteiger partial charge in [0.25, 0.3) is 0 Å². The SMILES string of the molecule is [N-]=[N+]=NCC1CCCCC1(O)c1ccc(Cl)c(Cl)c1. The van der Waals surface area contributed by atoms with E-state index >= 15 is 0 Å². The summed E-state index contributed by atoms with van der Waals surface area (Å²) in [6.07, 6.45) is 3.48. The molecule has 1 fully saturated rings. The topological polar surface area (TPSA) is 69.0 Å². The molecule has 0 aromatic heterocycles. The minimum atomic E-state index is -0.985. The van der Waals surface area contributed by atoms with E-state index in [0.29, 0.717) is 23.0 Å². The molecule has 1 aromatic rings. The Bertz CT molecular complexity index is 517. The third-order valence-electron chi connectivity index (χ3n) is 3.82. The second-order valence-electron chi connectivity index (χ2n) is 4.91. The summed E-state index contributed by atoms with van der Waals surface area (Å²) in [5.41, 5.74) is 8.22. The highest BCUT2D eigenvalue weighted by Crippen LogP contribution is 2.43. The third-order valence-corrected chi connectivity index (χ3v) is 4.56. The molecule has 0 amide bonds. The van der Waals surface area contributed by atoms with Crippen molar-refractivity contribution in [1.29, 1.82) is 0 Å². The van der Waals surface area contributed by atoms with Gasteiger partial charge in [0.15, 0.2) is 0 Å². The van der Waals surface area contributed by atoms with Gasteiger partial charge in [-0.05, 0) is 42.0 Å². The van der Waals surface area contributed by atoms with Gasteiger partial charge in [-0.3, -0.25) is 0 Å². The second-order valence-corrected chi connectivity index (χ2v) is 5.72. The molecular formula is C13H15Cl2N3O. The van der Waals surface area contributed by atoms with Crippen LogP contribution >= 0.6 is 23.2 Å². The largest absolute Gasteiger partial charge is 0.385 e. The van der Waals surface area contributed by atoms with Crippen LogP contribution in [0.2, 0.25) is 10.0 Å². The first kappa shape index (κ1) is 14.5. The van der Waals surface area contributed by atoms with Crippen molar-refractivity contribution in [3.05, 3.63) is 44.3 Å². The molecule has 0 saturated heterocycles. The van der Waals surface area contributed by atoms with Gasteiger partial charge in [-0.25, -0.2) is 0 Å². The average molecular weight is 300 g/mol. The summed E-state index contributed by atoms with van der Waals surface area (Å²) < 4.78 is 0. The average Bonchev–Trinajstić information content (AvgIpc) is 2.41. The van der Waals surface area contributed by atoms with Crippen LogP contribution in [0.4, 0.5) is 0 Å². The smallest absolute Gasteiger partial charge is 0.0926 e. The maximum Gasteiger partial charge on any atom is 0.0926 e. The molecule has 0 heterocycles. The van der Waals surface area contributed by atoms with Gasteiger partial charge in [0, 0.05) is 11.5 Å². The van der Waals surface area contributed by atoms with Gasteiger partial charge in [0.05, 0.1) is 15.6 Å². The summed E-state index contributed by atoms with van der Waals surface area (Å²) in [5.74, 6) is -0.0746. The number of aliphatic hydroxyl groups is 1. The predicted octanol–water partition coefficient (Wildman–Crippen LogP) is 4.68. The van der Waals surface area contributed by atoms with Crippen molar-refractivity contribution in [2.24, 2.45) is 11.0 Å². The van der Waals surface area contributed by atoms with Crippen LogP contribution in [0.25, 0.3) is 10.4 Å². The van der Waals surface area contributed by atoms with Gasteiger partial charge < -0.3 is 5.11 Å². The van der Waals surface area contributed by atoms with E-state index in [1.54, 1.807) is 18.2 Å². The molecule has 0 bridgehead atoms. The molecule has 1 N–H and O–H groups in total. The fourth-order valence-electron chi connectivity index (χ4n) is 2.75. The van der Waals surface area contributed by atoms with E-state index in [1.807, 2.05) is 0 Å². The highest BCUT2D eigenvalue weighted by molar-refractivity contribution is 6.42. The van der Waals surface area contributed by atoms with Crippen LogP contribution < -0.4 is 0 Å². The molecule has 1 aliphatic rings. The van der Waals surface area contributed by atoms with Crippen LogP contribution in [0.5, 0.6) is 0 Å². The summed E-state index contributed by atoms with van der Waals surface area (Å²) in [6.45, 7) is 0.299. The molecule has 1 aliphatic carbocycles. The van der Waals surface area contributed by atoms with Crippen molar-refractivity contribution in [3.8, 4) is 0 Å². The minimum Gasteiger partial charge on any atom is -0.385 e. The van der Waals surface area contributed by atoms with Crippen LogP contribution in [0.1, 0.15) is 31.2 Å². The summed E-state index contributed by atoms with van der Waals surface area (Å²) >= 11 is 11.9. The number of hydrogen-bond donors (Lipinski definition) is 1. The summed E-state index contributed by atoms with van der Waals surface area (Å²) in [6, 6.07) is 5.19. The molecule has 2 atom stereocenters. The van der Waals surface area contributed by atoms with Gasteiger partial charge in [0.1, 0.15) is 0 Å². The van der Waals surface area contributed by atoms with Crippen molar-refractivity contribution < 1.29 is 5.11 Å². The molecule has 1 saturated carbocycles. The van der Waals surface area contributed by atoms with Crippen LogP contribution in [0.3, 0.4) is 0 Å². The Morgan fingerprint density at radius 2 is 2.16 bits per heavy atom. The second kappa shape index (κ2) is 6.02. The maximum atomic E-state index is 11.0. The van der Waals surface area contributed by atoms with Gasteiger partial charge in [-0.15, -0.1) is 0 Å². The summed E-state index contributed by atoms with van der Waals surface area (Å²) in [5, 5.41) is 15.5. The van der Waals surface area contributed by atoms with Gasteiger partial charge >= 0.3 is 0 Å². The lowest BCUT2D eigenvalue weighted by Gasteiger charge is -2.40. The van der Waals surface area contributed by atoms with Gasteiger partial charge in [0.2, 0.25) is 0 Å². The number of halogens is 2. The lowest BCUT2D eigenvalue weighted by molar-refractivity contribution is -0.0505. The zero-order chi connectivity index (χ0) is 13.9. The zero-order valence-corrected chi connectivity index (χ0v) is 11.9. The van der Waals surface area contributed by atoms with Crippen molar-refractivity contribution in [1.82, 2.24) is 0 Å². The zero-order valence-electron chi connectivity index (χ0n) is 10.4. The number of rotatable bonds is 3.